The van der Waals surface area contributed by atoms with Crippen LogP contribution in [0.25, 0.3) is 0 Å². The van der Waals surface area contributed by atoms with Gasteiger partial charge in [-0.15, -0.1) is 0 Å². The molecule has 4 aliphatic carbocycles. The first kappa shape index (κ1) is 24.2. The van der Waals surface area contributed by atoms with Gasteiger partial charge in [-0.1, -0.05) is 20.8 Å². The number of carbonyl (C=O) groups is 2. The molecule has 0 aliphatic heterocycles. The largest absolute Gasteiger partial charge is 0.393 e. The number of carbonyl (C=O) groups excluding carboxylic acids is 2. The van der Waals surface area contributed by atoms with Crippen molar-refractivity contribution in [3.8, 4) is 0 Å². The molecule has 5 heteroatoms. The number of nitrogens with one attached hydrogen (secondary N) is 1. The minimum absolute atomic E-state index is 0.0543. The van der Waals surface area contributed by atoms with Crippen molar-refractivity contribution in [2.24, 2.45) is 46.3 Å². The van der Waals surface area contributed by atoms with Crippen LogP contribution in [0, 0.1) is 46.3 Å². The van der Waals surface area contributed by atoms with Crippen LogP contribution >= 0.6 is 0 Å². The number of ketones is 1. The molecule has 0 bridgehead atoms. The first-order chi connectivity index (χ1) is 15.0. The molecule has 4 aliphatic rings. The van der Waals surface area contributed by atoms with Crippen LogP contribution in [0.1, 0.15) is 92.4 Å². The summed E-state index contributed by atoms with van der Waals surface area (Å²) in [5.41, 5.74) is -0.150. The fraction of sp³-hybridized carbons (Fsp3) is 0.926. The van der Waals surface area contributed by atoms with E-state index in [2.05, 4.69) is 26.1 Å². The maximum absolute atomic E-state index is 12.2. The van der Waals surface area contributed by atoms with E-state index in [0.29, 0.717) is 48.7 Å². The van der Waals surface area contributed by atoms with Gasteiger partial charge in [0.15, 0.2) is 0 Å². The molecule has 5 nitrogen and oxygen atoms in total. The molecular formula is C27H45NO4. The molecule has 32 heavy (non-hydrogen) atoms. The number of hydrogen-bond acceptors (Lipinski definition) is 4. The van der Waals surface area contributed by atoms with Crippen molar-refractivity contribution in [2.45, 2.75) is 111 Å². The number of hydrogen-bond donors (Lipinski definition) is 3. The summed E-state index contributed by atoms with van der Waals surface area (Å²) in [5.74, 6) is 2.29. The van der Waals surface area contributed by atoms with Crippen molar-refractivity contribution in [3.05, 3.63) is 0 Å². The third kappa shape index (κ3) is 3.85. The number of rotatable bonds is 5. The SMILES string of the molecule is CC(C)NC(=O)CC[C@@H](C)C1CCC2C3C(C[C@H](O)[C@@]21C)[C@@]1(C)CCC(=O)CC1C[C@H]3O. The minimum Gasteiger partial charge on any atom is -0.393 e. The molecular weight excluding hydrogens is 402 g/mol. The summed E-state index contributed by atoms with van der Waals surface area (Å²) in [5, 5.41) is 25.9. The van der Waals surface area contributed by atoms with Crippen molar-refractivity contribution in [1.29, 1.82) is 0 Å². The van der Waals surface area contributed by atoms with E-state index in [1.165, 1.54) is 0 Å². The minimum atomic E-state index is -0.381. The molecule has 0 saturated heterocycles. The van der Waals surface area contributed by atoms with E-state index >= 15 is 0 Å². The van der Waals surface area contributed by atoms with Gasteiger partial charge in [-0.2, -0.15) is 0 Å². The van der Waals surface area contributed by atoms with Crippen LogP contribution in [0.5, 0.6) is 0 Å². The molecule has 5 unspecified atom stereocenters. The molecule has 4 saturated carbocycles. The normalized spacial score (nSPS) is 46.9. The molecule has 182 valence electrons. The van der Waals surface area contributed by atoms with Gasteiger partial charge in [0.1, 0.15) is 5.78 Å². The second kappa shape index (κ2) is 8.69. The maximum atomic E-state index is 12.2. The van der Waals surface area contributed by atoms with E-state index < -0.39 is 0 Å². The highest BCUT2D eigenvalue weighted by molar-refractivity contribution is 5.79. The lowest BCUT2D eigenvalue weighted by Crippen LogP contribution is -2.62. The molecule has 0 aromatic heterocycles. The zero-order valence-electron chi connectivity index (χ0n) is 20.8. The molecule has 0 radical (unpaired) electrons. The molecule has 0 aromatic rings. The topological polar surface area (TPSA) is 86.6 Å². The van der Waals surface area contributed by atoms with E-state index in [1.54, 1.807) is 0 Å². The Bertz CT molecular complexity index is 737. The highest BCUT2D eigenvalue weighted by Crippen LogP contribution is 2.68. The number of aliphatic hydroxyl groups is 2. The van der Waals surface area contributed by atoms with Gasteiger partial charge in [0, 0.05) is 25.3 Å². The molecule has 0 heterocycles. The van der Waals surface area contributed by atoms with E-state index in [9.17, 15) is 19.8 Å². The van der Waals surface area contributed by atoms with Crippen LogP contribution < -0.4 is 5.32 Å². The summed E-state index contributed by atoms with van der Waals surface area (Å²) in [6.45, 7) is 10.8. The Morgan fingerprint density at radius 1 is 1.12 bits per heavy atom. The molecule has 0 aromatic carbocycles. The van der Waals surface area contributed by atoms with Gasteiger partial charge in [0.05, 0.1) is 12.2 Å². The van der Waals surface area contributed by atoms with E-state index in [1.807, 2.05) is 13.8 Å². The third-order valence-corrected chi connectivity index (χ3v) is 10.6. The van der Waals surface area contributed by atoms with Crippen molar-refractivity contribution < 1.29 is 19.8 Å². The quantitative estimate of drug-likeness (QED) is 0.592. The lowest BCUT2D eigenvalue weighted by Gasteiger charge is -2.63. The highest BCUT2D eigenvalue weighted by Gasteiger charge is 2.65. The summed E-state index contributed by atoms with van der Waals surface area (Å²) in [6, 6.07) is 0.163. The summed E-state index contributed by atoms with van der Waals surface area (Å²) in [7, 11) is 0. The molecule has 4 rings (SSSR count). The third-order valence-electron chi connectivity index (χ3n) is 10.6. The fourth-order valence-electron chi connectivity index (χ4n) is 8.90. The van der Waals surface area contributed by atoms with E-state index in [4.69, 9.17) is 0 Å². The van der Waals surface area contributed by atoms with Crippen LogP contribution in [0.4, 0.5) is 0 Å². The van der Waals surface area contributed by atoms with Gasteiger partial charge in [-0.05, 0) is 98.7 Å². The average Bonchev–Trinajstić information content (AvgIpc) is 3.06. The predicted octanol–water partition coefficient (Wildman–Crippen LogP) is 4.10. The van der Waals surface area contributed by atoms with Gasteiger partial charge >= 0.3 is 0 Å². The fourth-order valence-corrected chi connectivity index (χ4v) is 8.90. The lowest BCUT2D eigenvalue weighted by atomic mass is 9.43. The van der Waals surface area contributed by atoms with Crippen LogP contribution in [-0.2, 0) is 9.59 Å². The number of Topliss-reactive ketones (excluding diaryl/α,β-unsaturated/α-hetero) is 1. The standard InChI is InChI=1S/C27H45NO4/c1-15(2)28-24(32)9-6-16(3)19-7-8-20-25-21(14-23(31)27(19,20)5)26(4)11-10-18(29)12-17(26)13-22(25)30/h15-17,19-23,25,30-31H,6-14H2,1-5H3,(H,28,32)/t16-,17?,19?,20?,21?,22-,23+,25?,26+,27-/m1/s1. The van der Waals surface area contributed by atoms with E-state index in [-0.39, 0.29) is 46.8 Å². The van der Waals surface area contributed by atoms with Crippen molar-refractivity contribution in [2.75, 3.05) is 0 Å². The Morgan fingerprint density at radius 3 is 2.53 bits per heavy atom. The monoisotopic (exact) mass is 447 g/mol. The zero-order chi connectivity index (χ0) is 23.4. The summed E-state index contributed by atoms with van der Waals surface area (Å²) >= 11 is 0. The van der Waals surface area contributed by atoms with Gasteiger partial charge in [0.25, 0.3) is 0 Å². The predicted molar refractivity (Wildman–Crippen MR) is 125 cm³/mol. The zero-order valence-corrected chi connectivity index (χ0v) is 20.8. The highest BCUT2D eigenvalue weighted by atomic mass is 16.3. The second-order valence-corrected chi connectivity index (χ2v) is 12.6. The first-order valence-corrected chi connectivity index (χ1v) is 13.2. The maximum Gasteiger partial charge on any atom is 0.220 e. The Labute approximate surface area is 194 Å². The lowest BCUT2D eigenvalue weighted by molar-refractivity contribution is -0.201. The second-order valence-electron chi connectivity index (χ2n) is 12.6. The van der Waals surface area contributed by atoms with Gasteiger partial charge in [-0.3, -0.25) is 9.59 Å². The van der Waals surface area contributed by atoms with Crippen LogP contribution in [0.15, 0.2) is 0 Å². The molecule has 3 N–H and O–H groups in total. The van der Waals surface area contributed by atoms with Crippen LogP contribution in [0.2, 0.25) is 0 Å². The number of fused-ring (bicyclic) bond motifs is 5. The average molecular weight is 448 g/mol. The summed E-state index contributed by atoms with van der Waals surface area (Å²) < 4.78 is 0. The Morgan fingerprint density at radius 2 is 1.84 bits per heavy atom. The van der Waals surface area contributed by atoms with Crippen LogP contribution in [0.3, 0.4) is 0 Å². The summed E-state index contributed by atoms with van der Waals surface area (Å²) in [6.07, 6.45) is 6.40. The Kier molecular flexibility index (Phi) is 6.57. The molecule has 10 atom stereocenters. The van der Waals surface area contributed by atoms with Crippen molar-refractivity contribution in [1.82, 2.24) is 5.32 Å². The smallest absolute Gasteiger partial charge is 0.220 e. The van der Waals surface area contributed by atoms with Crippen molar-refractivity contribution >= 4 is 11.7 Å². The molecule has 4 fully saturated rings. The molecule has 1 amide bonds. The molecule has 0 spiro atoms. The number of amides is 1. The van der Waals surface area contributed by atoms with E-state index in [0.717, 1.165) is 38.5 Å². The summed E-state index contributed by atoms with van der Waals surface area (Å²) in [4.78, 5) is 24.4. The van der Waals surface area contributed by atoms with Crippen LogP contribution in [-0.4, -0.2) is 40.2 Å². The van der Waals surface area contributed by atoms with Crippen molar-refractivity contribution in [3.63, 3.8) is 0 Å². The Hall–Kier alpha value is -0.940. The van der Waals surface area contributed by atoms with Gasteiger partial charge in [-0.25, -0.2) is 0 Å². The van der Waals surface area contributed by atoms with Gasteiger partial charge in [0.2, 0.25) is 5.91 Å². The van der Waals surface area contributed by atoms with Gasteiger partial charge < -0.3 is 15.5 Å². The Balaban J connectivity index is 1.53. The number of aliphatic hydroxyl groups excluding tert-OH is 2. The first-order valence-electron chi connectivity index (χ1n) is 13.2.